The molecule has 0 aliphatic carbocycles. The first-order valence-electron chi connectivity index (χ1n) is 5.14. The molecule has 5 nitrogen and oxygen atoms in total. The van der Waals surface area contributed by atoms with Crippen molar-refractivity contribution in [1.82, 2.24) is 4.90 Å². The van der Waals surface area contributed by atoms with Gasteiger partial charge in [0.15, 0.2) is 0 Å². The number of ether oxygens (including phenoxy) is 2. The summed E-state index contributed by atoms with van der Waals surface area (Å²) < 4.78 is 9.99. The quantitative estimate of drug-likeness (QED) is 0.615. The van der Waals surface area contributed by atoms with E-state index in [1.807, 2.05) is 6.92 Å². The lowest BCUT2D eigenvalue weighted by Gasteiger charge is -2.28. The van der Waals surface area contributed by atoms with Crippen LogP contribution in [0.5, 0.6) is 0 Å². The zero-order valence-electron chi connectivity index (χ0n) is 9.86. The molecule has 0 aliphatic rings. The molecule has 1 unspecified atom stereocenters. The molecule has 0 saturated heterocycles. The molecule has 0 aliphatic heterocycles. The first-order chi connectivity index (χ1) is 7.17. The highest BCUT2D eigenvalue weighted by Crippen LogP contribution is 2.02. The summed E-state index contributed by atoms with van der Waals surface area (Å²) in [4.78, 5) is 13.5. The zero-order valence-corrected chi connectivity index (χ0v) is 9.86. The van der Waals surface area contributed by atoms with Gasteiger partial charge < -0.3 is 20.1 Å². The lowest BCUT2D eigenvalue weighted by Crippen LogP contribution is -2.43. The normalized spacial score (nSPS) is 12.5. The summed E-state index contributed by atoms with van der Waals surface area (Å²) in [6.45, 7) is 3.97. The van der Waals surface area contributed by atoms with Gasteiger partial charge in [0, 0.05) is 33.7 Å². The summed E-state index contributed by atoms with van der Waals surface area (Å²) >= 11 is 0. The largest absolute Gasteiger partial charge is 0.383 e. The number of methoxy groups -OCH3 is 2. The molecule has 0 aromatic carbocycles. The van der Waals surface area contributed by atoms with Crippen molar-refractivity contribution in [1.29, 1.82) is 0 Å². The van der Waals surface area contributed by atoms with E-state index in [0.29, 0.717) is 32.7 Å². The van der Waals surface area contributed by atoms with Gasteiger partial charge in [-0.2, -0.15) is 0 Å². The maximum absolute atomic E-state index is 11.7. The molecule has 0 aromatic heterocycles. The third kappa shape index (κ3) is 5.71. The van der Waals surface area contributed by atoms with E-state index in [2.05, 4.69) is 0 Å². The minimum Gasteiger partial charge on any atom is -0.383 e. The molecule has 5 heteroatoms. The highest BCUT2D eigenvalue weighted by molar-refractivity contribution is 5.76. The van der Waals surface area contributed by atoms with Crippen LogP contribution in [0.25, 0.3) is 0 Å². The molecule has 0 bridgehead atoms. The second kappa shape index (κ2) is 8.64. The van der Waals surface area contributed by atoms with Crippen molar-refractivity contribution >= 4 is 5.91 Å². The minimum absolute atomic E-state index is 0.0547. The third-order valence-electron chi connectivity index (χ3n) is 2.15. The second-order valence-electron chi connectivity index (χ2n) is 3.42. The van der Waals surface area contributed by atoms with Crippen LogP contribution in [0, 0.1) is 0 Å². The van der Waals surface area contributed by atoms with Gasteiger partial charge in [0.2, 0.25) is 5.91 Å². The molecule has 0 radical (unpaired) electrons. The molecule has 0 fully saturated rings. The third-order valence-corrected chi connectivity index (χ3v) is 2.15. The van der Waals surface area contributed by atoms with E-state index < -0.39 is 0 Å². The SMILES string of the molecule is COCCN(C(=O)CCN)C(C)COC. The molecule has 1 amide bonds. The van der Waals surface area contributed by atoms with Gasteiger partial charge in [-0.05, 0) is 6.92 Å². The molecule has 0 heterocycles. The number of carbonyl (C=O) groups excluding carboxylic acids is 1. The predicted molar refractivity (Wildman–Crippen MR) is 58.6 cm³/mol. The molecule has 0 aromatic rings. The lowest BCUT2D eigenvalue weighted by molar-refractivity contribution is -0.134. The average molecular weight is 218 g/mol. The Morgan fingerprint density at radius 3 is 2.53 bits per heavy atom. The smallest absolute Gasteiger partial charge is 0.224 e. The summed E-state index contributed by atoms with van der Waals surface area (Å²) in [6.07, 6.45) is 0.373. The van der Waals surface area contributed by atoms with E-state index in [1.165, 1.54) is 0 Å². The first kappa shape index (κ1) is 14.3. The zero-order chi connectivity index (χ0) is 11.7. The molecular weight excluding hydrogens is 196 g/mol. The Kier molecular flexibility index (Phi) is 8.27. The van der Waals surface area contributed by atoms with E-state index in [0.717, 1.165) is 0 Å². The van der Waals surface area contributed by atoms with Crippen LogP contribution in [0.4, 0.5) is 0 Å². The van der Waals surface area contributed by atoms with E-state index >= 15 is 0 Å². The maximum atomic E-state index is 11.7. The number of carbonyl (C=O) groups is 1. The van der Waals surface area contributed by atoms with Crippen LogP contribution in [-0.4, -0.2) is 57.4 Å². The fraction of sp³-hybridized carbons (Fsp3) is 0.900. The van der Waals surface area contributed by atoms with Crippen LogP contribution < -0.4 is 5.73 Å². The summed E-state index contributed by atoms with van der Waals surface area (Å²) in [5.41, 5.74) is 5.36. The van der Waals surface area contributed by atoms with Crippen LogP contribution in [-0.2, 0) is 14.3 Å². The van der Waals surface area contributed by atoms with Gasteiger partial charge in [-0.3, -0.25) is 4.79 Å². The fourth-order valence-electron chi connectivity index (χ4n) is 1.38. The minimum atomic E-state index is 0.0547. The second-order valence-corrected chi connectivity index (χ2v) is 3.42. The Balaban J connectivity index is 4.21. The molecule has 0 saturated carbocycles. The maximum Gasteiger partial charge on any atom is 0.224 e. The first-order valence-corrected chi connectivity index (χ1v) is 5.14. The van der Waals surface area contributed by atoms with Gasteiger partial charge in [0.1, 0.15) is 0 Å². The van der Waals surface area contributed by atoms with Crippen LogP contribution >= 0.6 is 0 Å². The highest BCUT2D eigenvalue weighted by Gasteiger charge is 2.18. The summed E-state index contributed by atoms with van der Waals surface area (Å²) in [5.74, 6) is 0.0547. The Bertz CT molecular complexity index is 176. The van der Waals surface area contributed by atoms with Crippen molar-refractivity contribution in [2.75, 3.05) is 40.5 Å². The number of nitrogens with zero attached hydrogens (tertiary/aromatic N) is 1. The van der Waals surface area contributed by atoms with E-state index in [-0.39, 0.29) is 11.9 Å². The molecular formula is C10H22N2O3. The Morgan fingerprint density at radius 2 is 2.07 bits per heavy atom. The topological polar surface area (TPSA) is 64.8 Å². The van der Waals surface area contributed by atoms with Crippen molar-refractivity contribution < 1.29 is 14.3 Å². The molecule has 0 rings (SSSR count). The Hall–Kier alpha value is -0.650. The average Bonchev–Trinajstić information content (AvgIpc) is 2.19. The Labute approximate surface area is 91.5 Å². The van der Waals surface area contributed by atoms with E-state index in [9.17, 15) is 4.79 Å². The molecule has 1 atom stereocenters. The van der Waals surface area contributed by atoms with Gasteiger partial charge in [-0.15, -0.1) is 0 Å². The number of hydrogen-bond donors (Lipinski definition) is 1. The standard InChI is InChI=1S/C10H22N2O3/c1-9(8-15-3)12(6-7-14-2)10(13)4-5-11/h9H,4-8,11H2,1-3H3. The monoisotopic (exact) mass is 218 g/mol. The molecule has 0 spiro atoms. The molecule has 2 N–H and O–H groups in total. The van der Waals surface area contributed by atoms with Gasteiger partial charge >= 0.3 is 0 Å². The summed E-state index contributed by atoms with van der Waals surface area (Å²) in [7, 11) is 3.24. The number of nitrogens with two attached hydrogens (primary N) is 1. The number of amides is 1. The van der Waals surface area contributed by atoms with E-state index in [4.69, 9.17) is 15.2 Å². The predicted octanol–water partition coefficient (Wildman–Crippen LogP) is -0.155. The number of rotatable bonds is 8. The molecule has 15 heavy (non-hydrogen) atoms. The van der Waals surface area contributed by atoms with Gasteiger partial charge in [0.05, 0.1) is 19.3 Å². The van der Waals surface area contributed by atoms with E-state index in [1.54, 1.807) is 19.1 Å². The van der Waals surface area contributed by atoms with Crippen molar-refractivity contribution in [3.63, 3.8) is 0 Å². The fourth-order valence-corrected chi connectivity index (χ4v) is 1.38. The van der Waals surface area contributed by atoms with Gasteiger partial charge in [0.25, 0.3) is 0 Å². The van der Waals surface area contributed by atoms with Crippen LogP contribution in [0.1, 0.15) is 13.3 Å². The summed E-state index contributed by atoms with van der Waals surface area (Å²) in [6, 6.07) is 0.0594. The molecule has 90 valence electrons. The van der Waals surface area contributed by atoms with Gasteiger partial charge in [-0.25, -0.2) is 0 Å². The van der Waals surface area contributed by atoms with Crippen LogP contribution in [0.2, 0.25) is 0 Å². The Morgan fingerprint density at radius 1 is 1.40 bits per heavy atom. The lowest BCUT2D eigenvalue weighted by atomic mass is 10.2. The van der Waals surface area contributed by atoms with Crippen molar-refractivity contribution in [2.45, 2.75) is 19.4 Å². The van der Waals surface area contributed by atoms with Crippen molar-refractivity contribution in [3.8, 4) is 0 Å². The summed E-state index contributed by atoms with van der Waals surface area (Å²) in [5, 5.41) is 0. The van der Waals surface area contributed by atoms with Crippen molar-refractivity contribution in [3.05, 3.63) is 0 Å². The van der Waals surface area contributed by atoms with Crippen LogP contribution in [0.15, 0.2) is 0 Å². The highest BCUT2D eigenvalue weighted by atomic mass is 16.5. The van der Waals surface area contributed by atoms with Crippen molar-refractivity contribution in [2.24, 2.45) is 5.73 Å². The van der Waals surface area contributed by atoms with Gasteiger partial charge in [-0.1, -0.05) is 0 Å². The van der Waals surface area contributed by atoms with Crippen LogP contribution in [0.3, 0.4) is 0 Å². The number of hydrogen-bond acceptors (Lipinski definition) is 4.